The van der Waals surface area contributed by atoms with Gasteiger partial charge in [-0.15, -0.1) is 0 Å². The lowest BCUT2D eigenvalue weighted by atomic mass is 9.65. The summed E-state index contributed by atoms with van der Waals surface area (Å²) >= 11 is 0. The minimum Gasteiger partial charge on any atom is -0.386 e. The maximum Gasteiger partial charge on any atom is 0.251 e. The van der Waals surface area contributed by atoms with Crippen LogP contribution in [0.15, 0.2) is 0 Å². The van der Waals surface area contributed by atoms with Gasteiger partial charge < -0.3 is 15.1 Å². The molecule has 2 N–H and O–H groups in total. The Bertz CT molecular complexity index is 427. The molecule has 4 aliphatic rings. The zero-order chi connectivity index (χ0) is 13.9. The molecule has 4 aliphatic heterocycles. The van der Waals surface area contributed by atoms with Crippen molar-refractivity contribution >= 4 is 5.91 Å². The van der Waals surface area contributed by atoms with E-state index >= 15 is 0 Å². The van der Waals surface area contributed by atoms with Crippen LogP contribution >= 0.6 is 0 Å². The normalized spacial score (nSPS) is 48.7. The standard InChI is InChI=1S/C15H24N2O3/c18-12-5-4-11-10-3-1-7-16-8-2-6-15(20,13(10)16)9-17(11)14(12)19/h10-13,18,20H,1-9H2/t10-,11-,12+,13-,15-/m1/s1. The largest absolute Gasteiger partial charge is 0.386 e. The lowest BCUT2D eigenvalue weighted by molar-refractivity contribution is -0.197. The van der Waals surface area contributed by atoms with Crippen molar-refractivity contribution in [2.75, 3.05) is 19.6 Å². The Morgan fingerprint density at radius 3 is 2.80 bits per heavy atom. The van der Waals surface area contributed by atoms with Crippen molar-refractivity contribution in [2.24, 2.45) is 5.92 Å². The highest BCUT2D eigenvalue weighted by molar-refractivity contribution is 5.82. The molecule has 0 saturated carbocycles. The maximum atomic E-state index is 12.3. The lowest BCUT2D eigenvalue weighted by Gasteiger charge is -2.62. The van der Waals surface area contributed by atoms with E-state index in [-0.39, 0.29) is 18.0 Å². The van der Waals surface area contributed by atoms with Crippen LogP contribution in [0.25, 0.3) is 0 Å². The van der Waals surface area contributed by atoms with Gasteiger partial charge in [0.05, 0.1) is 12.1 Å². The summed E-state index contributed by atoms with van der Waals surface area (Å²) in [4.78, 5) is 16.6. The van der Waals surface area contributed by atoms with Gasteiger partial charge in [0.2, 0.25) is 0 Å². The van der Waals surface area contributed by atoms with E-state index in [0.717, 1.165) is 38.8 Å². The second kappa shape index (κ2) is 4.42. The Balaban J connectivity index is 1.70. The van der Waals surface area contributed by atoms with Crippen molar-refractivity contribution in [2.45, 2.75) is 62.3 Å². The van der Waals surface area contributed by atoms with Crippen molar-refractivity contribution in [3.63, 3.8) is 0 Å². The molecular formula is C15H24N2O3. The van der Waals surface area contributed by atoms with E-state index in [9.17, 15) is 15.0 Å². The maximum absolute atomic E-state index is 12.3. The van der Waals surface area contributed by atoms with Gasteiger partial charge in [0.15, 0.2) is 0 Å². The average molecular weight is 280 g/mol. The van der Waals surface area contributed by atoms with Crippen LogP contribution in [0.1, 0.15) is 38.5 Å². The molecule has 1 amide bonds. The molecule has 0 bridgehead atoms. The minimum atomic E-state index is -0.852. The van der Waals surface area contributed by atoms with E-state index < -0.39 is 11.7 Å². The molecule has 4 saturated heterocycles. The third kappa shape index (κ3) is 1.69. The van der Waals surface area contributed by atoms with E-state index in [0.29, 0.717) is 18.9 Å². The number of aliphatic hydroxyl groups excluding tert-OH is 1. The summed E-state index contributed by atoms with van der Waals surface area (Å²) < 4.78 is 0. The van der Waals surface area contributed by atoms with Gasteiger partial charge in [-0.1, -0.05) is 0 Å². The Morgan fingerprint density at radius 2 is 1.95 bits per heavy atom. The molecule has 0 unspecified atom stereocenters. The SMILES string of the molecule is O=C1[C@@H](O)CC[C@@H]2[C@H]3CCCN4CCC[C@@](O)(CN12)[C@@H]34. The number of carbonyl (C=O) groups excluding carboxylic acids is 1. The molecule has 0 radical (unpaired) electrons. The van der Waals surface area contributed by atoms with Crippen LogP contribution in [0.4, 0.5) is 0 Å². The van der Waals surface area contributed by atoms with E-state index in [1.165, 1.54) is 6.42 Å². The predicted molar refractivity (Wildman–Crippen MR) is 73.0 cm³/mol. The monoisotopic (exact) mass is 280 g/mol. The Morgan fingerprint density at radius 1 is 1.15 bits per heavy atom. The van der Waals surface area contributed by atoms with Gasteiger partial charge in [0.1, 0.15) is 6.10 Å². The quantitative estimate of drug-likeness (QED) is 0.653. The van der Waals surface area contributed by atoms with Gasteiger partial charge >= 0.3 is 0 Å². The second-order valence-electron chi connectivity index (χ2n) is 7.12. The number of fused-ring (bicyclic) bond motifs is 2. The van der Waals surface area contributed by atoms with Crippen LogP contribution in [0.3, 0.4) is 0 Å². The molecule has 5 heteroatoms. The molecule has 0 aromatic carbocycles. The highest BCUT2D eigenvalue weighted by Crippen LogP contribution is 2.46. The first-order valence-corrected chi connectivity index (χ1v) is 8.05. The molecule has 0 aromatic rings. The molecule has 4 fully saturated rings. The van der Waals surface area contributed by atoms with Crippen LogP contribution in [0.5, 0.6) is 0 Å². The highest BCUT2D eigenvalue weighted by Gasteiger charge is 2.58. The third-order valence-electron chi connectivity index (χ3n) is 6.03. The Labute approximate surface area is 119 Å². The molecule has 4 heterocycles. The number of hydrogen-bond acceptors (Lipinski definition) is 4. The summed E-state index contributed by atoms with van der Waals surface area (Å²) in [6.45, 7) is 2.60. The van der Waals surface area contributed by atoms with Gasteiger partial charge in [-0.2, -0.15) is 0 Å². The second-order valence-corrected chi connectivity index (χ2v) is 7.12. The van der Waals surface area contributed by atoms with Gasteiger partial charge in [0.25, 0.3) is 5.91 Å². The Kier molecular flexibility index (Phi) is 2.88. The van der Waals surface area contributed by atoms with Crippen molar-refractivity contribution < 1.29 is 15.0 Å². The fraction of sp³-hybridized carbons (Fsp3) is 0.933. The topological polar surface area (TPSA) is 64.0 Å². The smallest absolute Gasteiger partial charge is 0.251 e. The third-order valence-corrected chi connectivity index (χ3v) is 6.03. The molecular weight excluding hydrogens is 256 g/mol. The molecule has 0 spiro atoms. The number of amides is 1. The summed E-state index contributed by atoms with van der Waals surface area (Å²) in [5.41, 5.74) is -0.757. The van der Waals surface area contributed by atoms with Crippen molar-refractivity contribution in [3.05, 3.63) is 0 Å². The van der Waals surface area contributed by atoms with Crippen molar-refractivity contribution in [1.82, 2.24) is 9.80 Å². The fourth-order valence-electron chi connectivity index (χ4n) is 5.30. The number of rotatable bonds is 0. The summed E-state index contributed by atoms with van der Waals surface area (Å²) in [6, 6.07) is 0.464. The molecule has 5 nitrogen and oxygen atoms in total. The minimum absolute atomic E-state index is 0.157. The van der Waals surface area contributed by atoms with Crippen LogP contribution in [-0.2, 0) is 4.79 Å². The lowest BCUT2D eigenvalue weighted by Crippen LogP contribution is -2.75. The van der Waals surface area contributed by atoms with Crippen molar-refractivity contribution in [1.29, 1.82) is 0 Å². The van der Waals surface area contributed by atoms with Gasteiger partial charge in [-0.3, -0.25) is 9.69 Å². The first kappa shape index (κ1) is 13.0. The van der Waals surface area contributed by atoms with Gasteiger partial charge in [-0.25, -0.2) is 0 Å². The molecule has 5 atom stereocenters. The molecule has 0 aromatic heterocycles. The van der Waals surface area contributed by atoms with E-state index in [4.69, 9.17) is 0 Å². The van der Waals surface area contributed by atoms with Crippen LogP contribution in [0, 0.1) is 5.92 Å². The van der Waals surface area contributed by atoms with E-state index in [1.807, 2.05) is 4.90 Å². The zero-order valence-electron chi connectivity index (χ0n) is 11.9. The summed E-state index contributed by atoms with van der Waals surface area (Å²) in [5, 5.41) is 21.0. The van der Waals surface area contributed by atoms with Crippen molar-refractivity contribution in [3.8, 4) is 0 Å². The highest BCUT2D eigenvalue weighted by atomic mass is 16.3. The average Bonchev–Trinajstić information content (AvgIpc) is 2.44. The summed E-state index contributed by atoms with van der Waals surface area (Å²) in [7, 11) is 0. The van der Waals surface area contributed by atoms with Gasteiger partial charge in [0, 0.05) is 12.1 Å². The molecule has 20 heavy (non-hydrogen) atoms. The van der Waals surface area contributed by atoms with Gasteiger partial charge in [-0.05, 0) is 57.5 Å². The fourth-order valence-corrected chi connectivity index (χ4v) is 5.30. The van der Waals surface area contributed by atoms with E-state index in [1.54, 1.807) is 0 Å². The number of aliphatic hydroxyl groups is 2. The summed E-state index contributed by atoms with van der Waals surface area (Å²) in [6.07, 6.45) is 4.69. The predicted octanol–water partition coefficient (Wildman–Crippen LogP) is -0.0426. The number of hydrogen-bond donors (Lipinski definition) is 2. The van der Waals surface area contributed by atoms with Crippen LogP contribution < -0.4 is 0 Å². The molecule has 4 rings (SSSR count). The van der Waals surface area contributed by atoms with E-state index in [2.05, 4.69) is 4.90 Å². The Hall–Kier alpha value is -0.650. The first-order valence-electron chi connectivity index (χ1n) is 8.05. The number of nitrogens with zero attached hydrogens (tertiary/aromatic N) is 2. The molecule has 112 valence electrons. The number of carbonyl (C=O) groups is 1. The van der Waals surface area contributed by atoms with Crippen LogP contribution in [0.2, 0.25) is 0 Å². The first-order chi connectivity index (χ1) is 9.60. The molecule has 0 aliphatic carbocycles. The van der Waals surface area contributed by atoms with Crippen LogP contribution in [-0.4, -0.2) is 69.3 Å². The zero-order valence-corrected chi connectivity index (χ0v) is 11.9. The summed E-state index contributed by atoms with van der Waals surface area (Å²) in [5.74, 6) is 0.232. The number of piperidine rings is 4.